The maximum atomic E-state index is 13.0. The second-order valence-electron chi connectivity index (χ2n) is 2.61. The lowest BCUT2D eigenvalue weighted by molar-refractivity contribution is 0.145. The highest BCUT2D eigenvalue weighted by molar-refractivity contribution is 5.24. The fourth-order valence-corrected chi connectivity index (χ4v) is 0.958. The molecular formula is C8H9F3N2. The van der Waals surface area contributed by atoms with Crippen LogP contribution >= 0.6 is 0 Å². The molecule has 2 nitrogen and oxygen atoms in total. The minimum absolute atomic E-state index is 0.0384. The van der Waals surface area contributed by atoms with Crippen molar-refractivity contribution < 1.29 is 13.2 Å². The predicted molar refractivity (Wildman–Crippen MR) is 41.8 cm³/mol. The van der Waals surface area contributed by atoms with E-state index in [1.807, 2.05) is 0 Å². The molecule has 13 heavy (non-hydrogen) atoms. The SMILES string of the molecule is Cc1c(F)cc(C(F)F)nc1CN. The average molecular weight is 190 g/mol. The Morgan fingerprint density at radius 2 is 2.15 bits per heavy atom. The van der Waals surface area contributed by atoms with Gasteiger partial charge in [-0.3, -0.25) is 4.98 Å². The van der Waals surface area contributed by atoms with Crippen LogP contribution in [0.5, 0.6) is 0 Å². The van der Waals surface area contributed by atoms with E-state index < -0.39 is 17.9 Å². The van der Waals surface area contributed by atoms with Gasteiger partial charge in [0.25, 0.3) is 6.43 Å². The molecule has 0 amide bonds. The second-order valence-corrected chi connectivity index (χ2v) is 2.61. The average Bonchev–Trinajstić information content (AvgIpc) is 2.09. The first-order chi connectivity index (χ1) is 6.06. The van der Waals surface area contributed by atoms with Gasteiger partial charge in [0, 0.05) is 18.2 Å². The third kappa shape index (κ3) is 1.98. The van der Waals surface area contributed by atoms with E-state index in [-0.39, 0.29) is 17.8 Å². The van der Waals surface area contributed by atoms with Crippen LogP contribution in [-0.2, 0) is 6.54 Å². The van der Waals surface area contributed by atoms with Gasteiger partial charge in [0.2, 0.25) is 0 Å². The number of nitrogens with two attached hydrogens (primary N) is 1. The minimum Gasteiger partial charge on any atom is -0.325 e. The quantitative estimate of drug-likeness (QED) is 0.773. The minimum atomic E-state index is -2.76. The van der Waals surface area contributed by atoms with Crippen LogP contribution in [-0.4, -0.2) is 4.98 Å². The van der Waals surface area contributed by atoms with Crippen molar-refractivity contribution in [3.05, 3.63) is 28.8 Å². The van der Waals surface area contributed by atoms with Crippen LogP contribution in [0.1, 0.15) is 23.4 Å². The summed E-state index contributed by atoms with van der Waals surface area (Å²) in [5.74, 6) is -0.689. The van der Waals surface area contributed by atoms with E-state index in [0.717, 1.165) is 6.07 Å². The molecule has 0 bridgehead atoms. The lowest BCUT2D eigenvalue weighted by Crippen LogP contribution is -2.07. The number of rotatable bonds is 2. The highest BCUT2D eigenvalue weighted by Gasteiger charge is 2.14. The molecule has 0 radical (unpaired) electrons. The summed E-state index contributed by atoms with van der Waals surface area (Å²) in [4.78, 5) is 3.54. The predicted octanol–water partition coefficient (Wildman–Crippen LogP) is 1.93. The number of nitrogens with zero attached hydrogens (tertiary/aromatic N) is 1. The van der Waals surface area contributed by atoms with Crippen molar-refractivity contribution in [2.24, 2.45) is 5.73 Å². The molecule has 0 unspecified atom stereocenters. The molecule has 1 aromatic heterocycles. The number of aromatic nitrogens is 1. The van der Waals surface area contributed by atoms with Gasteiger partial charge in [0.05, 0.1) is 5.69 Å². The molecule has 0 saturated heterocycles. The normalized spacial score (nSPS) is 10.9. The van der Waals surface area contributed by atoms with Gasteiger partial charge >= 0.3 is 0 Å². The highest BCUT2D eigenvalue weighted by Crippen LogP contribution is 2.20. The summed E-state index contributed by atoms with van der Waals surface area (Å²) < 4.78 is 37.2. The van der Waals surface area contributed by atoms with Crippen molar-refractivity contribution in [3.8, 4) is 0 Å². The summed E-state index contributed by atoms with van der Waals surface area (Å²) in [5, 5.41) is 0. The zero-order valence-electron chi connectivity index (χ0n) is 7.02. The lowest BCUT2D eigenvalue weighted by atomic mass is 10.2. The van der Waals surface area contributed by atoms with Crippen LogP contribution in [0.3, 0.4) is 0 Å². The number of hydrogen-bond acceptors (Lipinski definition) is 2. The summed E-state index contributed by atoms with van der Waals surface area (Å²) in [7, 11) is 0. The zero-order valence-corrected chi connectivity index (χ0v) is 7.02. The Morgan fingerprint density at radius 3 is 2.62 bits per heavy atom. The molecule has 0 saturated carbocycles. The van der Waals surface area contributed by atoms with Gasteiger partial charge in [-0.2, -0.15) is 0 Å². The molecule has 1 rings (SSSR count). The van der Waals surface area contributed by atoms with Crippen molar-refractivity contribution in [1.82, 2.24) is 4.98 Å². The largest absolute Gasteiger partial charge is 0.325 e. The molecule has 2 N–H and O–H groups in total. The van der Waals surface area contributed by atoms with Gasteiger partial charge < -0.3 is 5.73 Å². The fraction of sp³-hybridized carbons (Fsp3) is 0.375. The van der Waals surface area contributed by atoms with Crippen LogP contribution in [0.2, 0.25) is 0 Å². The topological polar surface area (TPSA) is 38.9 Å². The van der Waals surface area contributed by atoms with Gasteiger partial charge in [-0.15, -0.1) is 0 Å². The van der Waals surface area contributed by atoms with E-state index in [9.17, 15) is 13.2 Å². The Labute approximate surface area is 73.6 Å². The Hall–Kier alpha value is -1.10. The van der Waals surface area contributed by atoms with Gasteiger partial charge in [-0.1, -0.05) is 0 Å². The van der Waals surface area contributed by atoms with Gasteiger partial charge in [-0.25, -0.2) is 13.2 Å². The van der Waals surface area contributed by atoms with E-state index in [0.29, 0.717) is 0 Å². The van der Waals surface area contributed by atoms with Crippen LogP contribution in [0.4, 0.5) is 13.2 Å². The molecule has 0 atom stereocenters. The molecule has 0 aromatic carbocycles. The van der Waals surface area contributed by atoms with Crippen molar-refractivity contribution in [3.63, 3.8) is 0 Å². The van der Waals surface area contributed by atoms with Crippen molar-refractivity contribution in [1.29, 1.82) is 0 Å². The van der Waals surface area contributed by atoms with Crippen molar-refractivity contribution in [2.75, 3.05) is 0 Å². The third-order valence-electron chi connectivity index (χ3n) is 1.75. The van der Waals surface area contributed by atoms with Gasteiger partial charge in [0.15, 0.2) is 0 Å². The summed E-state index contributed by atoms with van der Waals surface area (Å²) in [6, 6.07) is 0.735. The van der Waals surface area contributed by atoms with E-state index in [4.69, 9.17) is 5.73 Å². The summed E-state index contributed by atoms with van der Waals surface area (Å²) >= 11 is 0. The number of pyridine rings is 1. The van der Waals surface area contributed by atoms with Crippen LogP contribution < -0.4 is 5.73 Å². The molecule has 0 aliphatic heterocycles. The maximum Gasteiger partial charge on any atom is 0.280 e. The van der Waals surface area contributed by atoms with Crippen molar-refractivity contribution in [2.45, 2.75) is 19.9 Å². The number of hydrogen-bond donors (Lipinski definition) is 1. The number of halogens is 3. The monoisotopic (exact) mass is 190 g/mol. The number of alkyl halides is 2. The molecular weight excluding hydrogens is 181 g/mol. The molecule has 0 spiro atoms. The van der Waals surface area contributed by atoms with E-state index in [1.165, 1.54) is 6.92 Å². The lowest BCUT2D eigenvalue weighted by Gasteiger charge is -2.06. The third-order valence-corrected chi connectivity index (χ3v) is 1.75. The molecule has 1 heterocycles. The van der Waals surface area contributed by atoms with Gasteiger partial charge in [0.1, 0.15) is 11.5 Å². The Kier molecular flexibility index (Phi) is 2.87. The summed E-state index contributed by atoms with van der Waals surface area (Å²) in [5.41, 5.74) is 5.05. The molecule has 0 aliphatic rings. The Balaban J connectivity index is 3.22. The van der Waals surface area contributed by atoms with Gasteiger partial charge in [-0.05, 0) is 6.92 Å². The van der Waals surface area contributed by atoms with E-state index >= 15 is 0 Å². The first-order valence-electron chi connectivity index (χ1n) is 3.70. The molecule has 72 valence electrons. The fourth-order valence-electron chi connectivity index (χ4n) is 0.958. The summed E-state index contributed by atoms with van der Waals surface area (Å²) in [6.07, 6.45) is -2.76. The molecule has 5 heteroatoms. The first kappa shape index (κ1) is 9.98. The second kappa shape index (κ2) is 3.74. The molecule has 0 fully saturated rings. The standard InChI is InChI=1S/C8H9F3N2/c1-4-5(9)2-6(8(10)11)13-7(4)3-12/h2,8H,3,12H2,1H3. The highest BCUT2D eigenvalue weighted by atomic mass is 19.3. The molecule has 1 aromatic rings. The van der Waals surface area contributed by atoms with E-state index in [1.54, 1.807) is 0 Å². The first-order valence-corrected chi connectivity index (χ1v) is 3.70. The van der Waals surface area contributed by atoms with Crippen LogP contribution in [0.15, 0.2) is 6.07 Å². The smallest absolute Gasteiger partial charge is 0.280 e. The van der Waals surface area contributed by atoms with E-state index in [2.05, 4.69) is 4.98 Å². The summed E-state index contributed by atoms with van der Waals surface area (Å²) in [6.45, 7) is 1.42. The van der Waals surface area contributed by atoms with Crippen LogP contribution in [0, 0.1) is 12.7 Å². The van der Waals surface area contributed by atoms with Crippen molar-refractivity contribution >= 4 is 0 Å². The van der Waals surface area contributed by atoms with Crippen LogP contribution in [0.25, 0.3) is 0 Å². The Bertz CT molecular complexity index is 313. The maximum absolute atomic E-state index is 13.0. The molecule has 0 aliphatic carbocycles. The Morgan fingerprint density at radius 1 is 1.54 bits per heavy atom. The zero-order chi connectivity index (χ0) is 10.0.